The maximum Gasteiger partial charge on any atom is 0.405 e. The van der Waals surface area contributed by atoms with Gasteiger partial charge in [0, 0.05) is 25.7 Å². The second-order valence-electron chi connectivity index (χ2n) is 8.40. The van der Waals surface area contributed by atoms with Crippen molar-refractivity contribution in [2.75, 3.05) is 19.0 Å². The Kier molecular flexibility index (Phi) is 6.51. The summed E-state index contributed by atoms with van der Waals surface area (Å²) in [6, 6.07) is 6.22. The largest absolute Gasteiger partial charge is 0.405 e. The van der Waals surface area contributed by atoms with Gasteiger partial charge in [-0.1, -0.05) is 6.07 Å². The lowest BCUT2D eigenvalue weighted by Gasteiger charge is -2.25. The Balaban J connectivity index is 2.06. The molecule has 3 aromatic rings. The quantitative estimate of drug-likeness (QED) is 0.547. The molecule has 1 unspecified atom stereocenters. The molecule has 6 nitrogen and oxygen atoms in total. The minimum Gasteiger partial charge on any atom is -0.377 e. The van der Waals surface area contributed by atoms with Crippen LogP contribution >= 0.6 is 0 Å². The topological polar surface area (TPSA) is 89.0 Å². The van der Waals surface area contributed by atoms with E-state index in [0.29, 0.717) is 27.7 Å². The maximum absolute atomic E-state index is 14.0. The molecule has 2 aromatic carbocycles. The lowest BCUT2D eigenvalue weighted by molar-refractivity contribution is -0.150. The van der Waals surface area contributed by atoms with Crippen LogP contribution in [-0.4, -0.2) is 39.7 Å². The predicted octanol–water partition coefficient (Wildman–Crippen LogP) is 4.48. The minimum absolute atomic E-state index is 0.186. The third-order valence-corrected chi connectivity index (χ3v) is 7.07. The molecule has 0 fully saturated rings. The molecule has 1 atom stereocenters. The Bertz CT molecular complexity index is 1350. The Hall–Kier alpha value is -3.03. The van der Waals surface area contributed by atoms with Crippen LogP contribution in [0.5, 0.6) is 0 Å². The lowest BCUT2D eigenvalue weighted by Crippen LogP contribution is -2.47. The first-order valence-electron chi connectivity index (χ1n) is 10.1. The molecule has 33 heavy (non-hydrogen) atoms. The van der Waals surface area contributed by atoms with Crippen molar-refractivity contribution in [3.05, 3.63) is 58.3 Å². The number of H-pyrrole nitrogens is 1. The van der Waals surface area contributed by atoms with E-state index >= 15 is 0 Å². The summed E-state index contributed by atoms with van der Waals surface area (Å²) in [5.41, 5.74) is 3.18. The fourth-order valence-electron chi connectivity index (χ4n) is 3.99. The highest BCUT2D eigenvalue weighted by molar-refractivity contribution is 7.89. The van der Waals surface area contributed by atoms with E-state index in [1.807, 2.05) is 10.8 Å². The molecule has 0 bridgehead atoms. The van der Waals surface area contributed by atoms with Gasteiger partial charge in [-0.05, 0) is 67.6 Å². The molecule has 0 aliphatic heterocycles. The molecule has 0 saturated heterocycles. The second-order valence-corrected chi connectivity index (χ2v) is 10.1. The van der Waals surface area contributed by atoms with Crippen LogP contribution in [0.25, 0.3) is 10.9 Å². The van der Waals surface area contributed by atoms with E-state index in [9.17, 15) is 26.9 Å². The molecular formula is C23H25F3N4O2S. The standard InChI is InChI=1S/C23H25F3N4O2S/c1-13-6-15(3)22(19(9-13)30(4)5)33(31,32)29-20(23(24,25)26)10-17-12-28-21-16(11-27)7-14(2)8-18(17)21/h6-9,12,20,28-29H,10H2,1-5H3. The number of nitrogens with zero attached hydrogens (tertiary/aromatic N) is 2. The van der Waals surface area contributed by atoms with Gasteiger partial charge in [-0.15, -0.1) is 0 Å². The summed E-state index contributed by atoms with van der Waals surface area (Å²) in [4.78, 5) is 4.22. The van der Waals surface area contributed by atoms with Crippen LogP contribution in [0, 0.1) is 32.1 Å². The fraction of sp³-hybridized carbons (Fsp3) is 0.348. The fourth-order valence-corrected chi connectivity index (χ4v) is 5.70. The molecule has 0 amide bonds. The van der Waals surface area contributed by atoms with Gasteiger partial charge in [-0.2, -0.15) is 23.2 Å². The molecule has 176 valence electrons. The Labute approximate surface area is 191 Å². The number of halogens is 3. The van der Waals surface area contributed by atoms with Gasteiger partial charge in [-0.3, -0.25) is 0 Å². The Morgan fingerprint density at radius 1 is 1.12 bits per heavy atom. The molecule has 2 N–H and O–H groups in total. The molecule has 10 heteroatoms. The summed E-state index contributed by atoms with van der Waals surface area (Å²) in [5, 5.41) is 9.79. The van der Waals surface area contributed by atoms with Gasteiger partial charge in [0.2, 0.25) is 10.0 Å². The zero-order valence-electron chi connectivity index (χ0n) is 18.9. The molecule has 0 saturated carbocycles. The highest BCUT2D eigenvalue weighted by Crippen LogP contribution is 2.33. The van der Waals surface area contributed by atoms with E-state index in [1.54, 1.807) is 64.0 Å². The third kappa shape index (κ3) is 4.99. The van der Waals surface area contributed by atoms with E-state index in [4.69, 9.17) is 0 Å². The summed E-state index contributed by atoms with van der Waals surface area (Å²) >= 11 is 0. The number of nitrogens with one attached hydrogen (secondary N) is 2. The van der Waals surface area contributed by atoms with Crippen LogP contribution in [0.2, 0.25) is 0 Å². The number of benzene rings is 2. The Morgan fingerprint density at radius 3 is 2.33 bits per heavy atom. The van der Waals surface area contributed by atoms with Gasteiger partial charge in [0.1, 0.15) is 17.0 Å². The maximum atomic E-state index is 14.0. The number of anilines is 1. The number of rotatable bonds is 6. The normalized spacial score (nSPS) is 13.2. The number of aryl methyl sites for hydroxylation is 3. The van der Waals surface area contributed by atoms with Crippen LogP contribution in [0.1, 0.15) is 27.8 Å². The molecule has 0 spiro atoms. The van der Waals surface area contributed by atoms with Crippen molar-refractivity contribution in [2.24, 2.45) is 0 Å². The zero-order chi connectivity index (χ0) is 24.7. The van der Waals surface area contributed by atoms with Crippen molar-refractivity contribution in [3.63, 3.8) is 0 Å². The summed E-state index contributed by atoms with van der Waals surface area (Å²) in [5.74, 6) is 0. The monoisotopic (exact) mass is 478 g/mol. The summed E-state index contributed by atoms with van der Waals surface area (Å²) in [6.45, 7) is 5.09. The van der Waals surface area contributed by atoms with E-state index in [-0.39, 0.29) is 10.5 Å². The first kappa shape index (κ1) is 24.6. The summed E-state index contributed by atoms with van der Waals surface area (Å²) in [7, 11) is -1.25. The van der Waals surface area contributed by atoms with Crippen molar-refractivity contribution >= 4 is 26.6 Å². The lowest BCUT2D eigenvalue weighted by atomic mass is 10.0. The number of fused-ring (bicyclic) bond motifs is 1. The van der Waals surface area contributed by atoms with Crippen molar-refractivity contribution in [3.8, 4) is 6.07 Å². The van der Waals surface area contributed by atoms with Crippen LogP contribution in [0.15, 0.2) is 35.4 Å². The molecule has 0 aliphatic rings. The SMILES string of the molecule is Cc1cc(C)c(S(=O)(=O)NC(Cc2c[nH]c3c(C#N)cc(C)cc23)C(F)(F)F)c(N(C)C)c1. The number of hydrogen-bond donors (Lipinski definition) is 2. The van der Waals surface area contributed by atoms with Crippen molar-refractivity contribution in [1.29, 1.82) is 5.26 Å². The van der Waals surface area contributed by atoms with Crippen LogP contribution in [-0.2, 0) is 16.4 Å². The number of sulfonamides is 1. The first-order valence-corrected chi connectivity index (χ1v) is 11.6. The average Bonchev–Trinajstić information content (AvgIpc) is 3.07. The summed E-state index contributed by atoms with van der Waals surface area (Å²) in [6.07, 6.45) is -4.07. The third-order valence-electron chi connectivity index (χ3n) is 5.41. The van der Waals surface area contributed by atoms with Crippen molar-refractivity contribution < 1.29 is 21.6 Å². The van der Waals surface area contributed by atoms with Crippen LogP contribution in [0.3, 0.4) is 0 Å². The average molecular weight is 479 g/mol. The molecule has 0 aliphatic carbocycles. The molecule has 0 radical (unpaired) electrons. The number of aromatic nitrogens is 1. The highest BCUT2D eigenvalue weighted by Gasteiger charge is 2.43. The van der Waals surface area contributed by atoms with Gasteiger partial charge in [-0.25, -0.2) is 8.42 Å². The van der Waals surface area contributed by atoms with Gasteiger partial charge in [0.05, 0.1) is 16.8 Å². The van der Waals surface area contributed by atoms with E-state index in [2.05, 4.69) is 4.98 Å². The molecule has 3 rings (SSSR count). The Morgan fingerprint density at radius 2 is 1.76 bits per heavy atom. The second kappa shape index (κ2) is 8.72. The molecule has 1 aromatic heterocycles. The number of alkyl halides is 3. The van der Waals surface area contributed by atoms with Crippen LogP contribution < -0.4 is 9.62 Å². The van der Waals surface area contributed by atoms with Gasteiger partial charge >= 0.3 is 6.18 Å². The minimum atomic E-state index is -4.84. The highest BCUT2D eigenvalue weighted by atomic mass is 32.2. The van der Waals surface area contributed by atoms with Gasteiger partial charge in [0.15, 0.2) is 0 Å². The number of nitriles is 1. The van der Waals surface area contributed by atoms with Crippen molar-refractivity contribution in [2.45, 2.75) is 44.3 Å². The van der Waals surface area contributed by atoms with E-state index in [0.717, 1.165) is 11.1 Å². The number of aromatic amines is 1. The molecule has 1 heterocycles. The smallest absolute Gasteiger partial charge is 0.377 e. The first-order chi connectivity index (χ1) is 15.2. The molecular weight excluding hydrogens is 453 g/mol. The zero-order valence-corrected chi connectivity index (χ0v) is 19.7. The number of hydrogen-bond acceptors (Lipinski definition) is 4. The van der Waals surface area contributed by atoms with E-state index in [1.165, 1.54) is 6.20 Å². The van der Waals surface area contributed by atoms with E-state index < -0.39 is 28.7 Å². The van der Waals surface area contributed by atoms with Gasteiger partial charge < -0.3 is 9.88 Å². The summed E-state index contributed by atoms with van der Waals surface area (Å²) < 4.78 is 70.3. The van der Waals surface area contributed by atoms with Gasteiger partial charge in [0.25, 0.3) is 0 Å². The van der Waals surface area contributed by atoms with Crippen LogP contribution in [0.4, 0.5) is 18.9 Å². The van der Waals surface area contributed by atoms with Crippen molar-refractivity contribution in [1.82, 2.24) is 9.71 Å². The predicted molar refractivity (Wildman–Crippen MR) is 122 cm³/mol.